The van der Waals surface area contributed by atoms with Gasteiger partial charge in [0, 0.05) is 13.5 Å². The summed E-state index contributed by atoms with van der Waals surface area (Å²) in [6, 6.07) is 0. The topological polar surface area (TPSA) is 58.9 Å². The van der Waals surface area contributed by atoms with Gasteiger partial charge >= 0.3 is 0 Å². The molecule has 4 heteroatoms. The number of aliphatic hydroxyl groups excluding tert-OH is 1. The van der Waals surface area contributed by atoms with Crippen molar-refractivity contribution in [3.05, 3.63) is 0 Å². The Balaban J connectivity index is 2.11. The van der Waals surface area contributed by atoms with Crippen LogP contribution in [0.25, 0.3) is 0 Å². The Hall–Kier alpha value is -0.160. The fraction of sp³-hybridized carbons (Fsp3) is 1.00. The molecule has 0 bridgehead atoms. The van der Waals surface area contributed by atoms with Crippen molar-refractivity contribution >= 4 is 0 Å². The van der Waals surface area contributed by atoms with E-state index in [0.717, 1.165) is 0 Å². The van der Waals surface area contributed by atoms with Crippen molar-refractivity contribution in [1.82, 2.24) is 0 Å². The minimum absolute atomic E-state index is 0.352. The van der Waals surface area contributed by atoms with Crippen molar-refractivity contribution in [2.45, 2.75) is 43.4 Å². The van der Waals surface area contributed by atoms with Crippen LogP contribution in [-0.2, 0) is 9.47 Å². The largest absolute Gasteiger partial charge is 0.390 e. The Morgan fingerprint density at radius 3 is 2.92 bits per heavy atom. The summed E-state index contributed by atoms with van der Waals surface area (Å²) in [4.78, 5) is 0. The Bertz CT molecular complexity index is 184. The second kappa shape index (κ2) is 2.67. The highest BCUT2D eigenvalue weighted by atomic mass is 16.7. The molecule has 1 aliphatic carbocycles. The van der Waals surface area contributed by atoms with Crippen LogP contribution in [-0.4, -0.2) is 41.4 Å². The van der Waals surface area contributed by atoms with Gasteiger partial charge in [0.15, 0.2) is 6.29 Å². The maximum Gasteiger partial charge on any atom is 0.160 e. The van der Waals surface area contributed by atoms with Gasteiger partial charge in [-0.1, -0.05) is 0 Å². The van der Waals surface area contributed by atoms with Gasteiger partial charge in [0.2, 0.25) is 0 Å². The van der Waals surface area contributed by atoms with E-state index in [1.165, 1.54) is 0 Å². The van der Waals surface area contributed by atoms with E-state index >= 15 is 0 Å². The molecule has 1 saturated heterocycles. The lowest BCUT2D eigenvalue weighted by Gasteiger charge is -2.20. The number of hydrogen-bond acceptors (Lipinski definition) is 4. The number of rotatable bonds is 1. The van der Waals surface area contributed by atoms with Gasteiger partial charge in [-0.2, -0.15) is 0 Å². The van der Waals surface area contributed by atoms with Crippen LogP contribution in [0.15, 0.2) is 0 Å². The van der Waals surface area contributed by atoms with Crippen molar-refractivity contribution in [3.63, 3.8) is 0 Å². The van der Waals surface area contributed by atoms with E-state index in [-0.39, 0.29) is 6.29 Å². The van der Waals surface area contributed by atoms with Gasteiger partial charge in [0.1, 0.15) is 6.10 Å². The minimum Gasteiger partial charge on any atom is -0.390 e. The summed E-state index contributed by atoms with van der Waals surface area (Å²) in [6.45, 7) is 0. The molecule has 4 atom stereocenters. The molecular weight excluding hydrogens is 160 g/mol. The lowest BCUT2D eigenvalue weighted by molar-refractivity contribution is -0.142. The van der Waals surface area contributed by atoms with E-state index in [1.807, 2.05) is 0 Å². The Morgan fingerprint density at radius 2 is 2.33 bits per heavy atom. The molecule has 2 N–H and O–H groups in total. The molecule has 0 amide bonds. The molecule has 0 spiro atoms. The number of ether oxygens (including phenoxy) is 2. The van der Waals surface area contributed by atoms with Crippen molar-refractivity contribution in [3.8, 4) is 0 Å². The average Bonchev–Trinajstić information content (AvgIpc) is 2.50. The molecule has 4 nitrogen and oxygen atoms in total. The van der Waals surface area contributed by atoms with Gasteiger partial charge < -0.3 is 19.7 Å². The van der Waals surface area contributed by atoms with Crippen molar-refractivity contribution in [2.75, 3.05) is 7.11 Å². The highest BCUT2D eigenvalue weighted by Gasteiger charge is 2.54. The molecule has 2 fully saturated rings. The summed E-state index contributed by atoms with van der Waals surface area (Å²) in [5, 5.41) is 19.4. The van der Waals surface area contributed by atoms with Gasteiger partial charge in [-0.05, 0) is 12.8 Å². The van der Waals surface area contributed by atoms with E-state index in [0.29, 0.717) is 19.3 Å². The van der Waals surface area contributed by atoms with Crippen LogP contribution in [0.3, 0.4) is 0 Å². The Labute approximate surface area is 71.1 Å². The molecule has 70 valence electrons. The first-order chi connectivity index (χ1) is 5.65. The Kier molecular flexibility index (Phi) is 1.88. The SMILES string of the molecule is COC1C[C@@]2(O)CC[C@@H](O)C2O1. The summed E-state index contributed by atoms with van der Waals surface area (Å²) < 4.78 is 10.3. The third-order valence-corrected chi connectivity index (χ3v) is 2.83. The first-order valence-electron chi connectivity index (χ1n) is 4.24. The second-order valence-corrected chi connectivity index (χ2v) is 3.64. The third-order valence-electron chi connectivity index (χ3n) is 2.83. The van der Waals surface area contributed by atoms with E-state index in [4.69, 9.17) is 9.47 Å². The average molecular weight is 174 g/mol. The number of methoxy groups -OCH3 is 1. The summed E-state index contributed by atoms with van der Waals surface area (Å²) in [5.74, 6) is 0. The van der Waals surface area contributed by atoms with Crippen LogP contribution in [0.5, 0.6) is 0 Å². The first kappa shape index (κ1) is 8.44. The van der Waals surface area contributed by atoms with Gasteiger partial charge in [0.05, 0.1) is 11.7 Å². The normalized spacial score (nSPS) is 52.8. The molecule has 2 unspecified atom stereocenters. The lowest BCUT2D eigenvalue weighted by atomic mass is 9.98. The van der Waals surface area contributed by atoms with E-state index in [2.05, 4.69) is 0 Å². The van der Waals surface area contributed by atoms with Crippen LogP contribution >= 0.6 is 0 Å². The Morgan fingerprint density at radius 1 is 1.58 bits per heavy atom. The summed E-state index contributed by atoms with van der Waals surface area (Å²) >= 11 is 0. The molecule has 12 heavy (non-hydrogen) atoms. The van der Waals surface area contributed by atoms with E-state index in [1.54, 1.807) is 7.11 Å². The maximum absolute atomic E-state index is 9.94. The summed E-state index contributed by atoms with van der Waals surface area (Å²) in [7, 11) is 1.54. The summed E-state index contributed by atoms with van der Waals surface area (Å²) in [5.41, 5.74) is -0.847. The molecule has 0 aromatic rings. The second-order valence-electron chi connectivity index (χ2n) is 3.64. The molecule has 2 aliphatic rings. The highest BCUT2D eigenvalue weighted by Crippen LogP contribution is 2.42. The zero-order chi connectivity index (χ0) is 8.77. The van der Waals surface area contributed by atoms with Gasteiger partial charge in [-0.15, -0.1) is 0 Å². The standard InChI is InChI=1S/C8H14O4/c1-11-6-4-8(10)3-2-5(9)7(8)12-6/h5-7,9-10H,2-4H2,1H3/t5-,6?,7?,8+/m1/s1. The van der Waals surface area contributed by atoms with Crippen LogP contribution in [0.4, 0.5) is 0 Å². The van der Waals surface area contributed by atoms with Gasteiger partial charge in [-0.25, -0.2) is 0 Å². The predicted molar refractivity (Wildman–Crippen MR) is 40.5 cm³/mol. The van der Waals surface area contributed by atoms with Crippen molar-refractivity contribution < 1.29 is 19.7 Å². The molecule has 1 saturated carbocycles. The number of hydrogen-bond donors (Lipinski definition) is 2. The van der Waals surface area contributed by atoms with E-state index < -0.39 is 17.8 Å². The molecule has 0 radical (unpaired) electrons. The van der Waals surface area contributed by atoms with Crippen molar-refractivity contribution in [2.24, 2.45) is 0 Å². The van der Waals surface area contributed by atoms with Gasteiger partial charge in [-0.3, -0.25) is 0 Å². The first-order valence-corrected chi connectivity index (χ1v) is 4.24. The molecule has 0 aromatic heterocycles. The highest BCUT2D eigenvalue weighted by molar-refractivity contribution is 5.03. The molecule has 0 aromatic carbocycles. The third kappa shape index (κ3) is 1.07. The monoisotopic (exact) mass is 174 g/mol. The number of fused-ring (bicyclic) bond motifs is 1. The van der Waals surface area contributed by atoms with Crippen molar-refractivity contribution in [1.29, 1.82) is 0 Å². The van der Waals surface area contributed by atoms with Gasteiger partial charge in [0.25, 0.3) is 0 Å². The van der Waals surface area contributed by atoms with Crippen LogP contribution in [0.2, 0.25) is 0 Å². The maximum atomic E-state index is 9.94. The summed E-state index contributed by atoms with van der Waals surface area (Å²) in [6.07, 6.45) is 0.383. The zero-order valence-electron chi connectivity index (χ0n) is 7.06. The van der Waals surface area contributed by atoms with E-state index in [9.17, 15) is 10.2 Å². The smallest absolute Gasteiger partial charge is 0.160 e. The molecule has 1 aliphatic heterocycles. The number of aliphatic hydroxyl groups is 2. The fourth-order valence-corrected chi connectivity index (χ4v) is 2.12. The predicted octanol–water partition coefficient (Wildman–Crippen LogP) is -0.366. The van der Waals surface area contributed by atoms with Crippen LogP contribution in [0.1, 0.15) is 19.3 Å². The lowest BCUT2D eigenvalue weighted by Crippen LogP contribution is -2.37. The van der Waals surface area contributed by atoms with Crippen LogP contribution < -0.4 is 0 Å². The van der Waals surface area contributed by atoms with Crippen LogP contribution in [0, 0.1) is 0 Å². The zero-order valence-corrected chi connectivity index (χ0v) is 7.06. The molecule has 2 rings (SSSR count). The molecule has 1 heterocycles. The molecular formula is C8H14O4. The minimum atomic E-state index is -0.847. The fourth-order valence-electron chi connectivity index (χ4n) is 2.12. The quantitative estimate of drug-likeness (QED) is 0.569.